The van der Waals surface area contributed by atoms with Crippen molar-refractivity contribution in [1.82, 2.24) is 5.43 Å². The summed E-state index contributed by atoms with van der Waals surface area (Å²) in [6, 6.07) is 23.0. The summed E-state index contributed by atoms with van der Waals surface area (Å²) in [5.74, 6) is -0.0500. The molecule has 3 rings (SSSR count). The van der Waals surface area contributed by atoms with Gasteiger partial charge in [-0.15, -0.1) is 0 Å². The van der Waals surface area contributed by atoms with Gasteiger partial charge in [-0.2, -0.15) is 5.10 Å². The van der Waals surface area contributed by atoms with Gasteiger partial charge in [0.2, 0.25) is 0 Å². The van der Waals surface area contributed by atoms with Crippen molar-refractivity contribution in [3.8, 4) is 5.75 Å². The van der Waals surface area contributed by atoms with Crippen molar-refractivity contribution < 1.29 is 9.53 Å². The van der Waals surface area contributed by atoms with E-state index in [1.54, 1.807) is 48.7 Å². The van der Waals surface area contributed by atoms with E-state index < -0.39 is 5.97 Å². The fourth-order valence-corrected chi connectivity index (χ4v) is 2.55. The molecule has 0 aliphatic rings. The Labute approximate surface area is 173 Å². The van der Waals surface area contributed by atoms with E-state index in [9.17, 15) is 4.79 Å². The summed E-state index contributed by atoms with van der Waals surface area (Å²) in [4.78, 5) is 12.2. The van der Waals surface area contributed by atoms with E-state index in [0.29, 0.717) is 21.4 Å². The molecule has 0 aliphatic carbocycles. The summed E-state index contributed by atoms with van der Waals surface area (Å²) in [5, 5.41) is 8.03. The predicted molar refractivity (Wildman–Crippen MR) is 116 cm³/mol. The topological polar surface area (TPSA) is 62.7 Å². The first kappa shape index (κ1) is 19.5. The number of nitrogens with zero attached hydrogens (tertiary/aromatic N) is 1. The minimum atomic E-state index is -0.461. The summed E-state index contributed by atoms with van der Waals surface area (Å²) < 4.78 is 5.39. The van der Waals surface area contributed by atoms with Crippen molar-refractivity contribution in [2.24, 2.45) is 5.10 Å². The van der Waals surface area contributed by atoms with Gasteiger partial charge in [-0.05, 0) is 66.3 Å². The molecule has 0 unspecified atom stereocenters. The molecule has 140 valence electrons. The number of para-hydroxylation sites is 1. The molecule has 0 saturated carbocycles. The molecule has 28 heavy (non-hydrogen) atoms. The van der Waals surface area contributed by atoms with E-state index in [4.69, 9.17) is 28.6 Å². The van der Waals surface area contributed by atoms with Crippen molar-refractivity contribution in [2.45, 2.75) is 0 Å². The first-order valence-corrected chi connectivity index (χ1v) is 9.12. The van der Waals surface area contributed by atoms with Gasteiger partial charge in [0.25, 0.3) is 0 Å². The fourth-order valence-electron chi connectivity index (χ4n) is 2.26. The minimum absolute atomic E-state index is 0.368. The molecule has 0 fully saturated rings. The van der Waals surface area contributed by atoms with Crippen molar-refractivity contribution in [3.63, 3.8) is 0 Å². The van der Waals surface area contributed by atoms with E-state index in [2.05, 4.69) is 15.8 Å². The summed E-state index contributed by atoms with van der Waals surface area (Å²) in [7, 11) is 0. The highest BCUT2D eigenvalue weighted by Crippen LogP contribution is 2.16. The number of hydrazone groups is 1. The Kier molecular flexibility index (Phi) is 6.73. The third-order valence-corrected chi connectivity index (χ3v) is 4.01. The van der Waals surface area contributed by atoms with Crippen LogP contribution in [0.2, 0.25) is 5.02 Å². The molecule has 0 radical (unpaired) electrons. The summed E-state index contributed by atoms with van der Waals surface area (Å²) in [6.07, 6.45) is 1.58. The number of carbonyl (C=O) groups excluding carboxylic acids is 1. The summed E-state index contributed by atoms with van der Waals surface area (Å²) >= 11 is 11.0. The molecule has 3 aromatic carbocycles. The Bertz CT molecular complexity index is 992. The predicted octanol–water partition coefficient (Wildman–Crippen LogP) is 4.88. The lowest BCUT2D eigenvalue weighted by atomic mass is 10.2. The maximum absolute atomic E-state index is 12.2. The van der Waals surface area contributed by atoms with Crippen LogP contribution in [0.3, 0.4) is 0 Å². The molecule has 0 aromatic heterocycles. The van der Waals surface area contributed by atoms with Gasteiger partial charge in [0, 0.05) is 10.7 Å². The highest BCUT2D eigenvalue weighted by Gasteiger charge is 2.08. The molecule has 3 aromatic rings. The van der Waals surface area contributed by atoms with Crippen LogP contribution in [0.15, 0.2) is 84.0 Å². The maximum atomic E-state index is 12.2. The summed E-state index contributed by atoms with van der Waals surface area (Å²) in [5.41, 5.74) is 4.77. The van der Waals surface area contributed by atoms with Crippen LogP contribution in [0.25, 0.3) is 0 Å². The van der Waals surface area contributed by atoms with Crippen LogP contribution < -0.4 is 15.5 Å². The number of hydrogen-bond acceptors (Lipinski definition) is 4. The van der Waals surface area contributed by atoms with Gasteiger partial charge in [-0.3, -0.25) is 5.43 Å². The van der Waals surface area contributed by atoms with Gasteiger partial charge in [0.15, 0.2) is 5.11 Å². The average molecular weight is 410 g/mol. The smallest absolute Gasteiger partial charge is 0.343 e. The molecule has 0 aliphatic heterocycles. The van der Waals surface area contributed by atoms with Crippen molar-refractivity contribution in [2.75, 3.05) is 5.32 Å². The first-order chi connectivity index (χ1) is 13.6. The van der Waals surface area contributed by atoms with Gasteiger partial charge < -0.3 is 10.1 Å². The number of rotatable bonds is 5. The zero-order valence-electron chi connectivity index (χ0n) is 14.6. The maximum Gasteiger partial charge on any atom is 0.343 e. The van der Waals surface area contributed by atoms with E-state index in [1.807, 2.05) is 36.4 Å². The highest BCUT2D eigenvalue weighted by molar-refractivity contribution is 7.80. The Morgan fingerprint density at radius 3 is 2.50 bits per heavy atom. The Balaban J connectivity index is 1.56. The number of carbonyl (C=O) groups is 1. The van der Waals surface area contributed by atoms with Crippen LogP contribution in [-0.2, 0) is 0 Å². The van der Waals surface area contributed by atoms with Gasteiger partial charge in [-0.1, -0.05) is 41.9 Å². The zero-order valence-corrected chi connectivity index (χ0v) is 16.2. The Hall–Kier alpha value is -3.22. The van der Waals surface area contributed by atoms with E-state index in [-0.39, 0.29) is 0 Å². The number of anilines is 1. The second-order valence-corrected chi connectivity index (χ2v) is 6.50. The van der Waals surface area contributed by atoms with Crippen molar-refractivity contribution in [1.29, 1.82) is 0 Å². The number of halogens is 1. The third kappa shape index (κ3) is 5.90. The summed E-state index contributed by atoms with van der Waals surface area (Å²) in [6.45, 7) is 0. The van der Waals surface area contributed by atoms with Gasteiger partial charge in [-0.25, -0.2) is 4.79 Å². The Morgan fingerprint density at radius 2 is 1.75 bits per heavy atom. The second-order valence-electron chi connectivity index (χ2n) is 5.66. The lowest BCUT2D eigenvalue weighted by Crippen LogP contribution is -2.23. The molecule has 0 atom stereocenters. The third-order valence-electron chi connectivity index (χ3n) is 3.56. The van der Waals surface area contributed by atoms with Crippen LogP contribution in [0.5, 0.6) is 5.75 Å². The van der Waals surface area contributed by atoms with Crippen molar-refractivity contribution in [3.05, 3.63) is 95.0 Å². The Morgan fingerprint density at radius 1 is 1.00 bits per heavy atom. The molecule has 2 N–H and O–H groups in total. The number of ether oxygens (including phenoxy) is 1. The molecule has 0 spiro atoms. The van der Waals surface area contributed by atoms with E-state index in [1.165, 1.54) is 0 Å². The molecule has 5 nitrogen and oxygen atoms in total. The zero-order chi connectivity index (χ0) is 19.8. The second kappa shape index (κ2) is 9.64. The molecule has 7 heteroatoms. The van der Waals surface area contributed by atoms with Crippen LogP contribution in [-0.4, -0.2) is 17.3 Å². The number of hydrogen-bond donors (Lipinski definition) is 2. The molecule has 0 heterocycles. The lowest BCUT2D eigenvalue weighted by Gasteiger charge is -2.07. The average Bonchev–Trinajstić information content (AvgIpc) is 2.69. The molecular weight excluding hydrogens is 394 g/mol. The molecule has 0 amide bonds. The first-order valence-electron chi connectivity index (χ1n) is 8.33. The normalized spacial score (nSPS) is 10.5. The van der Waals surface area contributed by atoms with Gasteiger partial charge >= 0.3 is 5.97 Å². The number of nitrogens with one attached hydrogen (secondary N) is 2. The van der Waals surface area contributed by atoms with E-state index >= 15 is 0 Å². The number of thiocarbonyl (C=S) groups is 1. The van der Waals surface area contributed by atoms with Crippen LogP contribution in [0.4, 0.5) is 5.69 Å². The van der Waals surface area contributed by atoms with Crippen LogP contribution in [0.1, 0.15) is 15.9 Å². The van der Waals surface area contributed by atoms with Crippen molar-refractivity contribution >= 4 is 46.8 Å². The lowest BCUT2D eigenvalue weighted by molar-refractivity contribution is 0.0735. The standard InChI is InChI=1S/C21H16ClN3O2S/c22-17-11-9-16(10-12-17)20(26)27-19-8-4-5-15(13-19)14-23-25-21(28)24-18-6-2-1-3-7-18/h1-14H,(H2,24,25,28)/b23-14+. The van der Waals surface area contributed by atoms with Crippen LogP contribution in [0, 0.1) is 0 Å². The number of esters is 1. The molecule has 0 bridgehead atoms. The van der Waals surface area contributed by atoms with Crippen LogP contribution >= 0.6 is 23.8 Å². The van der Waals surface area contributed by atoms with Gasteiger partial charge in [0.1, 0.15) is 5.75 Å². The fraction of sp³-hybridized carbons (Fsp3) is 0. The SMILES string of the molecule is O=C(Oc1cccc(/C=N/NC(=S)Nc2ccccc2)c1)c1ccc(Cl)cc1. The largest absolute Gasteiger partial charge is 0.423 e. The molecular formula is C21H16ClN3O2S. The monoisotopic (exact) mass is 409 g/mol. The minimum Gasteiger partial charge on any atom is -0.423 e. The molecule has 0 saturated heterocycles. The number of benzene rings is 3. The van der Waals surface area contributed by atoms with E-state index in [0.717, 1.165) is 11.3 Å². The highest BCUT2D eigenvalue weighted by atomic mass is 35.5. The quantitative estimate of drug-likeness (QED) is 0.207. The van der Waals surface area contributed by atoms with Gasteiger partial charge in [0.05, 0.1) is 11.8 Å².